The molecular weight excluding hydrogens is 334 g/mol. The minimum absolute atomic E-state index is 0.0602. The van der Waals surface area contributed by atoms with Crippen LogP contribution >= 0.6 is 0 Å². The minimum atomic E-state index is -0.782. The summed E-state index contributed by atoms with van der Waals surface area (Å²) in [5.41, 5.74) is 0.157. The molecule has 2 fully saturated rings. The average Bonchev–Trinajstić information content (AvgIpc) is 3.06. The zero-order valence-electron chi connectivity index (χ0n) is 15.0. The van der Waals surface area contributed by atoms with E-state index in [4.69, 9.17) is 9.47 Å². The number of methoxy groups -OCH3 is 1. The molecule has 0 heterocycles. The Balaban J connectivity index is 1.84. The highest BCUT2D eigenvalue weighted by Gasteiger charge is 2.39. The number of ether oxygens (including phenoxy) is 2. The SMILES string of the molecule is COc1ccc(C2(C#N)CCC(C(=O)O)CC2)cc1O[C@H]1CC[C@@H](O)C1. The molecule has 0 saturated heterocycles. The molecular formula is C20H25NO5. The highest BCUT2D eigenvalue weighted by atomic mass is 16.5. The van der Waals surface area contributed by atoms with Crippen LogP contribution in [-0.2, 0) is 10.2 Å². The van der Waals surface area contributed by atoms with Crippen LogP contribution in [0.5, 0.6) is 11.5 Å². The number of aliphatic hydroxyl groups excluding tert-OH is 1. The average molecular weight is 359 g/mol. The molecule has 2 N–H and O–H groups in total. The predicted molar refractivity (Wildman–Crippen MR) is 94.2 cm³/mol. The summed E-state index contributed by atoms with van der Waals surface area (Å²) in [5, 5.41) is 28.8. The summed E-state index contributed by atoms with van der Waals surface area (Å²) in [5.74, 6) is 0.0297. The lowest BCUT2D eigenvalue weighted by molar-refractivity contribution is -0.143. The summed E-state index contributed by atoms with van der Waals surface area (Å²) in [6.45, 7) is 0. The summed E-state index contributed by atoms with van der Waals surface area (Å²) >= 11 is 0. The lowest BCUT2D eigenvalue weighted by atomic mass is 9.67. The standard InChI is InChI=1S/C20H25NO5/c1-25-17-5-2-14(10-18(17)26-16-4-3-15(22)11-16)20(12-21)8-6-13(7-9-20)19(23)24/h2,5,10,13,15-16,22H,3-4,6-9,11H2,1H3,(H,23,24)/t13?,15-,16+,20?/m1/s1. The Labute approximate surface area is 153 Å². The number of nitrogens with zero attached hydrogens (tertiary/aromatic N) is 1. The molecule has 26 heavy (non-hydrogen) atoms. The van der Waals surface area contributed by atoms with Crippen molar-refractivity contribution in [2.75, 3.05) is 7.11 Å². The number of aliphatic carboxylic acids is 1. The molecule has 140 valence electrons. The van der Waals surface area contributed by atoms with Crippen LogP contribution in [0.4, 0.5) is 0 Å². The second-order valence-corrected chi connectivity index (χ2v) is 7.38. The molecule has 6 heteroatoms. The van der Waals surface area contributed by atoms with E-state index in [1.54, 1.807) is 13.2 Å². The zero-order chi connectivity index (χ0) is 18.7. The van der Waals surface area contributed by atoms with Crippen molar-refractivity contribution in [2.24, 2.45) is 5.92 Å². The van der Waals surface area contributed by atoms with Gasteiger partial charge in [0.25, 0.3) is 0 Å². The number of carbonyl (C=O) groups is 1. The molecule has 2 atom stereocenters. The van der Waals surface area contributed by atoms with E-state index in [-0.39, 0.29) is 18.1 Å². The maximum Gasteiger partial charge on any atom is 0.306 e. The van der Waals surface area contributed by atoms with Crippen molar-refractivity contribution in [3.63, 3.8) is 0 Å². The number of hydrogen-bond donors (Lipinski definition) is 2. The first-order chi connectivity index (χ1) is 12.5. The molecule has 1 aromatic rings. The third-order valence-corrected chi connectivity index (χ3v) is 5.77. The Bertz CT molecular complexity index is 703. The van der Waals surface area contributed by atoms with Gasteiger partial charge < -0.3 is 19.7 Å². The van der Waals surface area contributed by atoms with Crippen LogP contribution < -0.4 is 9.47 Å². The van der Waals surface area contributed by atoms with E-state index < -0.39 is 11.4 Å². The van der Waals surface area contributed by atoms with Gasteiger partial charge in [0.05, 0.1) is 30.6 Å². The first kappa shape index (κ1) is 18.5. The number of carboxylic acids is 1. The smallest absolute Gasteiger partial charge is 0.306 e. The number of rotatable bonds is 5. The van der Waals surface area contributed by atoms with Gasteiger partial charge in [-0.1, -0.05) is 6.07 Å². The highest BCUT2D eigenvalue weighted by Crippen LogP contribution is 2.44. The quantitative estimate of drug-likeness (QED) is 0.838. The summed E-state index contributed by atoms with van der Waals surface area (Å²) < 4.78 is 11.5. The molecule has 0 amide bonds. The summed E-state index contributed by atoms with van der Waals surface area (Å²) in [4.78, 5) is 11.2. The topological polar surface area (TPSA) is 99.8 Å². The summed E-state index contributed by atoms with van der Waals surface area (Å²) in [6, 6.07) is 7.96. The number of benzene rings is 1. The van der Waals surface area contributed by atoms with Crippen LogP contribution in [0.1, 0.15) is 50.5 Å². The normalized spacial score (nSPS) is 31.2. The molecule has 2 aliphatic rings. The number of nitriles is 1. The predicted octanol–water partition coefficient (Wildman–Crippen LogP) is 3.02. The van der Waals surface area contributed by atoms with Gasteiger partial charge in [-0.25, -0.2) is 0 Å². The molecule has 0 radical (unpaired) electrons. The largest absolute Gasteiger partial charge is 0.493 e. The Morgan fingerprint density at radius 3 is 2.50 bits per heavy atom. The third kappa shape index (κ3) is 3.63. The van der Waals surface area contributed by atoms with E-state index in [2.05, 4.69) is 6.07 Å². The van der Waals surface area contributed by atoms with Crippen LogP contribution in [0.25, 0.3) is 0 Å². The van der Waals surface area contributed by atoms with Crippen molar-refractivity contribution >= 4 is 5.97 Å². The second kappa shape index (κ2) is 7.55. The summed E-state index contributed by atoms with van der Waals surface area (Å²) in [7, 11) is 1.57. The number of hydrogen-bond acceptors (Lipinski definition) is 5. The molecule has 2 saturated carbocycles. The van der Waals surface area contributed by atoms with Gasteiger partial charge in [0, 0.05) is 6.42 Å². The number of aliphatic hydroxyl groups is 1. The van der Waals surface area contributed by atoms with Crippen LogP contribution in [-0.4, -0.2) is 35.5 Å². The Morgan fingerprint density at radius 2 is 1.96 bits per heavy atom. The van der Waals surface area contributed by atoms with Gasteiger partial charge in [0.1, 0.15) is 6.10 Å². The fourth-order valence-electron chi connectivity index (χ4n) is 4.09. The van der Waals surface area contributed by atoms with Crippen molar-refractivity contribution in [2.45, 2.75) is 62.6 Å². The van der Waals surface area contributed by atoms with Crippen molar-refractivity contribution < 1.29 is 24.5 Å². The van der Waals surface area contributed by atoms with E-state index in [0.717, 1.165) is 18.4 Å². The van der Waals surface area contributed by atoms with Crippen LogP contribution in [0.15, 0.2) is 18.2 Å². The van der Waals surface area contributed by atoms with Gasteiger partial charge in [-0.15, -0.1) is 0 Å². The molecule has 0 spiro atoms. The monoisotopic (exact) mass is 359 g/mol. The first-order valence-corrected chi connectivity index (χ1v) is 9.15. The van der Waals surface area contributed by atoms with E-state index in [9.17, 15) is 20.3 Å². The second-order valence-electron chi connectivity index (χ2n) is 7.38. The van der Waals surface area contributed by atoms with Crippen LogP contribution in [0.2, 0.25) is 0 Å². The van der Waals surface area contributed by atoms with E-state index in [0.29, 0.717) is 43.6 Å². The van der Waals surface area contributed by atoms with Gasteiger partial charge in [-0.3, -0.25) is 4.79 Å². The van der Waals surface area contributed by atoms with Gasteiger partial charge in [-0.05, 0) is 56.2 Å². The van der Waals surface area contributed by atoms with E-state index in [1.165, 1.54) is 0 Å². The Morgan fingerprint density at radius 1 is 1.23 bits per heavy atom. The van der Waals surface area contributed by atoms with Gasteiger partial charge in [0.15, 0.2) is 11.5 Å². The van der Waals surface area contributed by atoms with E-state index >= 15 is 0 Å². The fourth-order valence-corrected chi connectivity index (χ4v) is 4.09. The van der Waals surface area contributed by atoms with Gasteiger partial charge in [-0.2, -0.15) is 5.26 Å². The highest BCUT2D eigenvalue weighted by molar-refractivity contribution is 5.70. The van der Waals surface area contributed by atoms with Crippen molar-refractivity contribution in [1.82, 2.24) is 0 Å². The fraction of sp³-hybridized carbons (Fsp3) is 0.600. The Kier molecular flexibility index (Phi) is 5.38. The lowest BCUT2D eigenvalue weighted by Gasteiger charge is -2.34. The molecule has 6 nitrogen and oxygen atoms in total. The summed E-state index contributed by atoms with van der Waals surface area (Å²) in [6.07, 6.45) is 3.77. The van der Waals surface area contributed by atoms with Gasteiger partial charge in [0.2, 0.25) is 0 Å². The first-order valence-electron chi connectivity index (χ1n) is 9.15. The van der Waals surface area contributed by atoms with Crippen molar-refractivity contribution in [3.05, 3.63) is 23.8 Å². The Hall–Kier alpha value is -2.26. The third-order valence-electron chi connectivity index (χ3n) is 5.77. The minimum Gasteiger partial charge on any atom is -0.493 e. The molecule has 2 aliphatic carbocycles. The molecule has 0 aromatic heterocycles. The molecule has 0 aliphatic heterocycles. The maximum absolute atomic E-state index is 11.2. The van der Waals surface area contributed by atoms with Crippen molar-refractivity contribution in [3.8, 4) is 17.6 Å². The van der Waals surface area contributed by atoms with Crippen LogP contribution in [0, 0.1) is 17.2 Å². The van der Waals surface area contributed by atoms with Crippen LogP contribution in [0.3, 0.4) is 0 Å². The number of carboxylic acid groups (broad SMARTS) is 1. The van der Waals surface area contributed by atoms with E-state index in [1.807, 2.05) is 12.1 Å². The molecule has 1 aromatic carbocycles. The maximum atomic E-state index is 11.2. The molecule has 0 unspecified atom stereocenters. The molecule has 0 bridgehead atoms. The zero-order valence-corrected chi connectivity index (χ0v) is 15.0. The van der Waals surface area contributed by atoms with Gasteiger partial charge >= 0.3 is 5.97 Å². The lowest BCUT2D eigenvalue weighted by Crippen LogP contribution is -2.33. The molecule has 3 rings (SSSR count). The van der Waals surface area contributed by atoms with Crippen molar-refractivity contribution in [1.29, 1.82) is 5.26 Å².